The first-order chi connectivity index (χ1) is 11.0. The number of furan rings is 1. The van der Waals surface area contributed by atoms with Crippen molar-refractivity contribution in [2.24, 2.45) is 5.92 Å². The van der Waals surface area contributed by atoms with Gasteiger partial charge in [0, 0.05) is 0 Å². The maximum atomic E-state index is 12.4. The molecule has 2 aromatic rings. The SMILES string of the molecule is CC(C)C(NC(=O)c1ccc(Br)o1)c1ccc2c(c1)OCCO2. The summed E-state index contributed by atoms with van der Waals surface area (Å²) < 4.78 is 17.0. The Kier molecular flexibility index (Phi) is 4.61. The van der Waals surface area contributed by atoms with E-state index in [1.807, 2.05) is 18.2 Å². The molecule has 1 aromatic carbocycles. The van der Waals surface area contributed by atoms with E-state index in [-0.39, 0.29) is 23.6 Å². The number of carbonyl (C=O) groups excluding carboxylic acids is 1. The van der Waals surface area contributed by atoms with Crippen LogP contribution in [0, 0.1) is 5.92 Å². The molecule has 0 spiro atoms. The maximum Gasteiger partial charge on any atom is 0.287 e. The molecule has 1 N–H and O–H groups in total. The van der Waals surface area contributed by atoms with Gasteiger partial charge in [-0.15, -0.1) is 0 Å². The third-order valence-corrected chi connectivity index (χ3v) is 4.10. The van der Waals surface area contributed by atoms with Gasteiger partial charge >= 0.3 is 0 Å². The standard InChI is InChI=1S/C17H18BrNO4/c1-10(2)16(19-17(20)13-5-6-15(18)23-13)11-3-4-12-14(9-11)22-8-7-21-12/h3-6,9-10,16H,7-8H2,1-2H3,(H,19,20). The molecule has 3 rings (SSSR count). The predicted octanol–water partition coefficient (Wildman–Crippen LogP) is 3.94. The van der Waals surface area contributed by atoms with Crippen molar-refractivity contribution in [3.63, 3.8) is 0 Å². The van der Waals surface area contributed by atoms with E-state index in [1.165, 1.54) is 0 Å². The van der Waals surface area contributed by atoms with Gasteiger partial charge in [-0.05, 0) is 51.7 Å². The van der Waals surface area contributed by atoms with E-state index >= 15 is 0 Å². The lowest BCUT2D eigenvalue weighted by Gasteiger charge is -2.25. The van der Waals surface area contributed by atoms with Crippen LogP contribution < -0.4 is 14.8 Å². The zero-order valence-electron chi connectivity index (χ0n) is 13.0. The molecule has 6 heteroatoms. The smallest absolute Gasteiger partial charge is 0.287 e. The van der Waals surface area contributed by atoms with Crippen molar-refractivity contribution in [2.45, 2.75) is 19.9 Å². The van der Waals surface area contributed by atoms with Gasteiger partial charge in [0.05, 0.1) is 6.04 Å². The third-order valence-electron chi connectivity index (χ3n) is 3.68. The van der Waals surface area contributed by atoms with Crippen molar-refractivity contribution >= 4 is 21.8 Å². The van der Waals surface area contributed by atoms with Gasteiger partial charge in [-0.2, -0.15) is 0 Å². The quantitative estimate of drug-likeness (QED) is 0.873. The van der Waals surface area contributed by atoms with Gasteiger partial charge in [-0.1, -0.05) is 19.9 Å². The third kappa shape index (κ3) is 3.52. The molecule has 1 unspecified atom stereocenters. The molecule has 1 amide bonds. The van der Waals surface area contributed by atoms with Crippen LogP contribution in [0.1, 0.15) is 36.0 Å². The van der Waals surface area contributed by atoms with Crippen LogP contribution in [0.4, 0.5) is 0 Å². The Bertz CT molecular complexity index is 710. The van der Waals surface area contributed by atoms with Crippen molar-refractivity contribution in [3.05, 3.63) is 46.3 Å². The van der Waals surface area contributed by atoms with E-state index in [0.29, 0.717) is 17.9 Å². The number of nitrogens with one attached hydrogen (secondary N) is 1. The van der Waals surface area contributed by atoms with Crippen LogP contribution in [0.2, 0.25) is 0 Å². The summed E-state index contributed by atoms with van der Waals surface area (Å²) in [5.41, 5.74) is 0.975. The monoisotopic (exact) mass is 379 g/mol. The molecule has 122 valence electrons. The number of rotatable bonds is 4. The van der Waals surface area contributed by atoms with Crippen LogP contribution in [0.15, 0.2) is 39.4 Å². The number of amides is 1. The lowest BCUT2D eigenvalue weighted by atomic mass is 9.95. The number of benzene rings is 1. The van der Waals surface area contributed by atoms with Crippen molar-refractivity contribution in [3.8, 4) is 11.5 Å². The fourth-order valence-electron chi connectivity index (χ4n) is 2.54. The molecular formula is C17H18BrNO4. The molecule has 0 bridgehead atoms. The molecule has 1 atom stereocenters. The zero-order chi connectivity index (χ0) is 16.4. The van der Waals surface area contributed by atoms with E-state index in [4.69, 9.17) is 13.9 Å². The van der Waals surface area contributed by atoms with Gasteiger partial charge in [0.25, 0.3) is 5.91 Å². The lowest BCUT2D eigenvalue weighted by Crippen LogP contribution is -2.31. The molecule has 0 saturated carbocycles. The van der Waals surface area contributed by atoms with Gasteiger partial charge < -0.3 is 19.2 Å². The number of fused-ring (bicyclic) bond motifs is 1. The summed E-state index contributed by atoms with van der Waals surface area (Å²) in [7, 11) is 0. The molecule has 5 nitrogen and oxygen atoms in total. The second kappa shape index (κ2) is 6.66. The number of hydrogen-bond acceptors (Lipinski definition) is 4. The molecule has 0 fully saturated rings. The summed E-state index contributed by atoms with van der Waals surface area (Å²) in [5.74, 6) is 1.70. The van der Waals surface area contributed by atoms with Gasteiger partial charge in [-0.3, -0.25) is 4.79 Å². The van der Waals surface area contributed by atoms with Gasteiger partial charge in [0.2, 0.25) is 0 Å². The highest BCUT2D eigenvalue weighted by atomic mass is 79.9. The number of hydrogen-bond donors (Lipinski definition) is 1. The Morgan fingerprint density at radius 2 is 1.87 bits per heavy atom. The molecule has 23 heavy (non-hydrogen) atoms. The topological polar surface area (TPSA) is 60.7 Å². The normalized spacial score (nSPS) is 14.6. The van der Waals surface area contributed by atoms with Gasteiger partial charge in [0.15, 0.2) is 21.9 Å². The second-order valence-electron chi connectivity index (χ2n) is 5.70. The van der Waals surface area contributed by atoms with E-state index in [2.05, 4.69) is 35.1 Å². The molecule has 0 radical (unpaired) electrons. The van der Waals surface area contributed by atoms with E-state index in [0.717, 1.165) is 17.1 Å². The Morgan fingerprint density at radius 3 is 2.52 bits per heavy atom. The summed E-state index contributed by atoms with van der Waals surface area (Å²) >= 11 is 3.20. The molecule has 0 aliphatic carbocycles. The van der Waals surface area contributed by atoms with Crippen LogP contribution in [0.5, 0.6) is 11.5 Å². The van der Waals surface area contributed by atoms with E-state index < -0.39 is 0 Å². The Hall–Kier alpha value is -1.95. The highest BCUT2D eigenvalue weighted by Gasteiger charge is 2.23. The fourth-order valence-corrected chi connectivity index (χ4v) is 2.84. The summed E-state index contributed by atoms with van der Waals surface area (Å²) in [6, 6.07) is 8.95. The first-order valence-corrected chi connectivity index (χ1v) is 8.29. The average molecular weight is 380 g/mol. The number of halogens is 1. The first-order valence-electron chi connectivity index (χ1n) is 7.50. The fraction of sp³-hybridized carbons (Fsp3) is 0.353. The van der Waals surface area contributed by atoms with Crippen LogP contribution in [0.25, 0.3) is 0 Å². The van der Waals surface area contributed by atoms with Gasteiger partial charge in [0.1, 0.15) is 13.2 Å². The Labute approximate surface area is 143 Å². The summed E-state index contributed by atoms with van der Waals surface area (Å²) in [6.07, 6.45) is 0. The summed E-state index contributed by atoms with van der Waals surface area (Å²) in [4.78, 5) is 12.4. The second-order valence-corrected chi connectivity index (χ2v) is 6.48. The minimum atomic E-state index is -0.246. The molecule has 2 heterocycles. The Morgan fingerprint density at radius 1 is 1.13 bits per heavy atom. The highest BCUT2D eigenvalue weighted by Crippen LogP contribution is 2.34. The number of ether oxygens (including phenoxy) is 2. The summed E-state index contributed by atoms with van der Waals surface area (Å²) in [6.45, 7) is 5.21. The van der Waals surface area contributed by atoms with Crippen LogP contribution in [0.3, 0.4) is 0 Å². The lowest BCUT2D eigenvalue weighted by molar-refractivity contribution is 0.0896. The Balaban J connectivity index is 1.82. The first kappa shape index (κ1) is 15.9. The number of carbonyl (C=O) groups is 1. The van der Waals surface area contributed by atoms with Crippen molar-refractivity contribution in [2.75, 3.05) is 13.2 Å². The summed E-state index contributed by atoms with van der Waals surface area (Å²) in [5, 5.41) is 3.02. The van der Waals surface area contributed by atoms with Gasteiger partial charge in [-0.25, -0.2) is 0 Å². The molecule has 1 aromatic heterocycles. The van der Waals surface area contributed by atoms with Crippen molar-refractivity contribution in [1.29, 1.82) is 0 Å². The van der Waals surface area contributed by atoms with Crippen molar-refractivity contribution in [1.82, 2.24) is 5.32 Å². The van der Waals surface area contributed by atoms with E-state index in [9.17, 15) is 4.79 Å². The minimum absolute atomic E-state index is 0.151. The van der Waals surface area contributed by atoms with Crippen LogP contribution in [-0.4, -0.2) is 19.1 Å². The predicted molar refractivity (Wildman–Crippen MR) is 88.9 cm³/mol. The molecular weight excluding hydrogens is 362 g/mol. The highest BCUT2D eigenvalue weighted by molar-refractivity contribution is 9.10. The zero-order valence-corrected chi connectivity index (χ0v) is 14.6. The maximum absolute atomic E-state index is 12.4. The molecule has 1 aliphatic rings. The molecule has 0 saturated heterocycles. The van der Waals surface area contributed by atoms with Crippen LogP contribution in [-0.2, 0) is 0 Å². The van der Waals surface area contributed by atoms with E-state index in [1.54, 1.807) is 12.1 Å². The molecule has 1 aliphatic heterocycles. The average Bonchev–Trinajstić information content (AvgIpc) is 2.98. The van der Waals surface area contributed by atoms with Crippen molar-refractivity contribution < 1.29 is 18.7 Å². The minimum Gasteiger partial charge on any atom is -0.486 e. The largest absolute Gasteiger partial charge is 0.486 e. The van der Waals surface area contributed by atoms with Crippen LogP contribution >= 0.6 is 15.9 Å².